The van der Waals surface area contributed by atoms with Crippen molar-refractivity contribution in [1.82, 2.24) is 4.90 Å². The van der Waals surface area contributed by atoms with Gasteiger partial charge in [0.15, 0.2) is 5.17 Å². The number of aliphatic imine (C=N–C) groups is 1. The number of thioether (sulfide) groups is 1. The largest absolute Gasteiger partial charge is 0.494 e. The van der Waals surface area contributed by atoms with Crippen LogP contribution in [0.1, 0.15) is 24.5 Å². The Hall–Kier alpha value is -2.53. The quantitative estimate of drug-likeness (QED) is 0.698. The number of hydrogen-bond acceptors (Lipinski definition) is 4. The van der Waals surface area contributed by atoms with Gasteiger partial charge in [-0.05, 0) is 61.0 Å². The van der Waals surface area contributed by atoms with Crippen LogP contribution in [0, 0.1) is 6.92 Å². The molecule has 0 atom stereocenters. The predicted octanol–water partition coefficient (Wildman–Crippen LogP) is 5.02. The normalized spacial score (nSPS) is 17.3. The van der Waals surface area contributed by atoms with Gasteiger partial charge in [-0.1, -0.05) is 36.8 Å². The van der Waals surface area contributed by atoms with Crippen molar-refractivity contribution in [3.63, 3.8) is 0 Å². The van der Waals surface area contributed by atoms with Gasteiger partial charge in [0.2, 0.25) is 0 Å². The molecule has 0 N–H and O–H groups in total. The lowest BCUT2D eigenvalue weighted by molar-refractivity contribution is -0.121. The molecule has 4 nitrogen and oxygen atoms in total. The summed E-state index contributed by atoms with van der Waals surface area (Å²) in [7, 11) is 1.75. The maximum absolute atomic E-state index is 12.5. The molecule has 1 heterocycles. The Morgan fingerprint density at radius 2 is 1.81 bits per heavy atom. The first kappa shape index (κ1) is 18.3. The maximum atomic E-state index is 12.5. The average molecular weight is 366 g/mol. The Morgan fingerprint density at radius 1 is 1.12 bits per heavy atom. The summed E-state index contributed by atoms with van der Waals surface area (Å²) in [6.45, 7) is 4.82. The molecule has 0 aliphatic carbocycles. The highest BCUT2D eigenvalue weighted by Gasteiger charge is 2.30. The van der Waals surface area contributed by atoms with E-state index in [1.54, 1.807) is 11.9 Å². The van der Waals surface area contributed by atoms with Gasteiger partial charge in [0.1, 0.15) is 5.75 Å². The summed E-state index contributed by atoms with van der Waals surface area (Å²) < 4.78 is 5.59. The number of hydrogen-bond donors (Lipinski definition) is 0. The lowest BCUT2D eigenvalue weighted by Crippen LogP contribution is -2.23. The van der Waals surface area contributed by atoms with Crippen LogP contribution in [0.25, 0.3) is 6.08 Å². The van der Waals surface area contributed by atoms with E-state index in [9.17, 15) is 4.79 Å². The van der Waals surface area contributed by atoms with Crippen LogP contribution in [-0.2, 0) is 4.79 Å². The Balaban J connectivity index is 1.77. The second-order valence-electron chi connectivity index (χ2n) is 6.12. The van der Waals surface area contributed by atoms with E-state index in [0.29, 0.717) is 16.7 Å². The number of benzene rings is 2. The minimum Gasteiger partial charge on any atom is -0.494 e. The first-order chi connectivity index (χ1) is 12.6. The SMILES string of the molecule is CCCOc1ccc(/C=C2/SC(=Nc3ccc(C)cc3)N(C)C2=O)cc1. The van der Waals surface area contributed by atoms with E-state index in [0.717, 1.165) is 23.4 Å². The summed E-state index contributed by atoms with van der Waals surface area (Å²) in [5, 5.41) is 0.688. The van der Waals surface area contributed by atoms with Crippen LogP contribution in [0.3, 0.4) is 0 Å². The fourth-order valence-corrected chi connectivity index (χ4v) is 3.40. The van der Waals surface area contributed by atoms with Gasteiger partial charge in [-0.25, -0.2) is 4.99 Å². The number of carbonyl (C=O) groups is 1. The fraction of sp³-hybridized carbons (Fsp3) is 0.238. The molecule has 134 valence electrons. The lowest BCUT2D eigenvalue weighted by atomic mass is 10.2. The van der Waals surface area contributed by atoms with E-state index in [4.69, 9.17) is 4.74 Å². The lowest BCUT2D eigenvalue weighted by Gasteiger charge is -2.07. The molecular weight excluding hydrogens is 344 g/mol. The van der Waals surface area contributed by atoms with Gasteiger partial charge >= 0.3 is 0 Å². The van der Waals surface area contributed by atoms with Crippen molar-refractivity contribution in [3.8, 4) is 5.75 Å². The number of rotatable bonds is 5. The number of aryl methyl sites for hydroxylation is 1. The first-order valence-corrected chi connectivity index (χ1v) is 9.44. The van der Waals surface area contributed by atoms with E-state index in [1.165, 1.54) is 17.3 Å². The zero-order chi connectivity index (χ0) is 18.5. The third-order valence-electron chi connectivity index (χ3n) is 3.91. The molecule has 0 radical (unpaired) electrons. The molecule has 1 aliphatic rings. The van der Waals surface area contributed by atoms with E-state index in [1.807, 2.05) is 61.5 Å². The van der Waals surface area contributed by atoms with Crippen LogP contribution in [0.2, 0.25) is 0 Å². The molecule has 1 amide bonds. The molecule has 1 aliphatic heterocycles. The number of amidine groups is 1. The number of likely N-dealkylation sites (N-methyl/N-ethyl adjacent to an activating group) is 1. The molecule has 0 saturated carbocycles. The van der Waals surface area contributed by atoms with Gasteiger partial charge in [-0.3, -0.25) is 9.69 Å². The molecule has 5 heteroatoms. The topological polar surface area (TPSA) is 41.9 Å². The van der Waals surface area contributed by atoms with Crippen LogP contribution in [-0.4, -0.2) is 29.6 Å². The van der Waals surface area contributed by atoms with Gasteiger partial charge in [-0.2, -0.15) is 0 Å². The Labute approximate surface area is 158 Å². The maximum Gasteiger partial charge on any atom is 0.266 e. The third-order valence-corrected chi connectivity index (χ3v) is 4.97. The van der Waals surface area contributed by atoms with Gasteiger partial charge in [0, 0.05) is 7.05 Å². The predicted molar refractivity (Wildman–Crippen MR) is 109 cm³/mol. The molecule has 26 heavy (non-hydrogen) atoms. The third kappa shape index (κ3) is 4.35. The molecule has 3 rings (SSSR count). The van der Waals surface area contributed by atoms with Gasteiger partial charge in [0.05, 0.1) is 17.2 Å². The molecule has 2 aromatic rings. The van der Waals surface area contributed by atoms with Crippen molar-refractivity contribution in [1.29, 1.82) is 0 Å². The summed E-state index contributed by atoms with van der Waals surface area (Å²) in [6, 6.07) is 15.7. The van der Waals surface area contributed by atoms with Crippen LogP contribution >= 0.6 is 11.8 Å². The standard InChI is InChI=1S/C21H22N2O2S/c1-4-13-25-18-11-7-16(8-12-18)14-19-20(24)23(3)21(26-19)22-17-9-5-15(2)6-10-17/h5-12,14H,4,13H2,1-3H3/b19-14+,22-21?. The monoisotopic (exact) mass is 366 g/mol. The molecule has 0 spiro atoms. The zero-order valence-corrected chi connectivity index (χ0v) is 16.0. The van der Waals surface area contributed by atoms with E-state index < -0.39 is 0 Å². The number of carbonyl (C=O) groups excluding carboxylic acids is 1. The molecule has 1 fully saturated rings. The summed E-state index contributed by atoms with van der Waals surface area (Å²) >= 11 is 1.40. The second-order valence-corrected chi connectivity index (χ2v) is 7.13. The van der Waals surface area contributed by atoms with Crippen molar-refractivity contribution >= 4 is 34.6 Å². The van der Waals surface area contributed by atoms with Crippen molar-refractivity contribution < 1.29 is 9.53 Å². The van der Waals surface area contributed by atoms with Gasteiger partial charge < -0.3 is 4.74 Å². The van der Waals surface area contributed by atoms with E-state index >= 15 is 0 Å². The Morgan fingerprint density at radius 3 is 2.46 bits per heavy atom. The molecular formula is C21H22N2O2S. The molecule has 2 aromatic carbocycles. The van der Waals surface area contributed by atoms with Gasteiger partial charge in [-0.15, -0.1) is 0 Å². The Kier molecular flexibility index (Phi) is 5.78. The molecule has 0 bridgehead atoms. The summed E-state index contributed by atoms with van der Waals surface area (Å²) in [6.07, 6.45) is 2.87. The molecule has 1 saturated heterocycles. The minimum atomic E-state index is -0.0350. The van der Waals surface area contributed by atoms with Crippen molar-refractivity contribution in [3.05, 3.63) is 64.6 Å². The van der Waals surface area contributed by atoms with Gasteiger partial charge in [0.25, 0.3) is 5.91 Å². The van der Waals surface area contributed by atoms with Crippen LogP contribution in [0.15, 0.2) is 58.4 Å². The average Bonchev–Trinajstić information content (AvgIpc) is 2.91. The first-order valence-electron chi connectivity index (χ1n) is 8.62. The minimum absolute atomic E-state index is 0.0350. The highest BCUT2D eigenvalue weighted by atomic mass is 32.2. The molecule has 0 unspecified atom stereocenters. The van der Waals surface area contributed by atoms with E-state index in [2.05, 4.69) is 11.9 Å². The number of nitrogens with zero attached hydrogens (tertiary/aromatic N) is 2. The second kappa shape index (κ2) is 8.23. The number of ether oxygens (including phenoxy) is 1. The number of amides is 1. The van der Waals surface area contributed by atoms with Crippen molar-refractivity contribution in [2.24, 2.45) is 4.99 Å². The van der Waals surface area contributed by atoms with Crippen LogP contribution in [0.5, 0.6) is 5.75 Å². The Bertz CT molecular complexity index is 839. The molecule has 0 aromatic heterocycles. The smallest absolute Gasteiger partial charge is 0.266 e. The highest BCUT2D eigenvalue weighted by molar-refractivity contribution is 8.18. The van der Waals surface area contributed by atoms with Crippen molar-refractivity contribution in [2.75, 3.05) is 13.7 Å². The van der Waals surface area contributed by atoms with Crippen molar-refractivity contribution in [2.45, 2.75) is 20.3 Å². The fourth-order valence-electron chi connectivity index (χ4n) is 2.41. The summed E-state index contributed by atoms with van der Waals surface area (Å²) in [4.78, 5) is 19.4. The highest BCUT2D eigenvalue weighted by Crippen LogP contribution is 2.33. The zero-order valence-electron chi connectivity index (χ0n) is 15.2. The van der Waals surface area contributed by atoms with E-state index in [-0.39, 0.29) is 5.91 Å². The summed E-state index contributed by atoms with van der Waals surface area (Å²) in [5.41, 5.74) is 3.00. The summed E-state index contributed by atoms with van der Waals surface area (Å²) in [5.74, 6) is 0.810. The van der Waals surface area contributed by atoms with Crippen LogP contribution < -0.4 is 4.74 Å². The van der Waals surface area contributed by atoms with Crippen LogP contribution in [0.4, 0.5) is 5.69 Å².